The zero-order valence-electron chi connectivity index (χ0n) is 26.9. The summed E-state index contributed by atoms with van der Waals surface area (Å²) in [5.41, 5.74) is 22.2. The van der Waals surface area contributed by atoms with Crippen molar-refractivity contribution in [3.05, 3.63) is 203 Å². The van der Waals surface area contributed by atoms with Crippen LogP contribution in [-0.2, 0) is 11.8 Å². The smallest absolute Gasteiger partial charge is 0.0988 e. The van der Waals surface area contributed by atoms with Crippen LogP contribution in [0.2, 0.25) is 0 Å². The normalized spacial score (nSPS) is 13.7. The second-order valence-corrected chi connectivity index (χ2v) is 12.9. The summed E-state index contributed by atoms with van der Waals surface area (Å²) in [5, 5.41) is 11.9. The molecule has 0 unspecified atom stereocenters. The van der Waals surface area contributed by atoms with Crippen LogP contribution in [0.15, 0.2) is 176 Å². The first kappa shape index (κ1) is 28.8. The Labute approximate surface area is 286 Å². The summed E-state index contributed by atoms with van der Waals surface area (Å²) in [4.78, 5) is 0. The van der Waals surface area contributed by atoms with Gasteiger partial charge in [0.1, 0.15) is 0 Å². The molecule has 0 fully saturated rings. The Morgan fingerprint density at radius 3 is 1.88 bits per heavy atom. The van der Waals surface area contributed by atoms with Crippen LogP contribution >= 0.6 is 0 Å². The third-order valence-corrected chi connectivity index (χ3v) is 10.4. The van der Waals surface area contributed by atoms with Gasteiger partial charge < -0.3 is 5.73 Å². The number of benzene rings is 7. The maximum Gasteiger partial charge on any atom is 0.0988 e. The lowest BCUT2D eigenvalue weighted by atomic mass is 9.69. The summed E-state index contributed by atoms with van der Waals surface area (Å²) >= 11 is 0. The number of nitriles is 1. The van der Waals surface area contributed by atoms with Gasteiger partial charge in [-0.2, -0.15) is 5.26 Å². The minimum Gasteiger partial charge on any atom is -0.405 e. The Kier molecular flexibility index (Phi) is 6.68. The highest BCUT2D eigenvalue weighted by Gasteiger charge is 2.52. The van der Waals surface area contributed by atoms with Crippen molar-refractivity contribution in [3.63, 3.8) is 0 Å². The Balaban J connectivity index is 1.32. The van der Waals surface area contributed by atoms with Gasteiger partial charge in [-0.05, 0) is 114 Å². The lowest BCUT2D eigenvalue weighted by Gasteiger charge is -2.31. The van der Waals surface area contributed by atoms with Crippen LogP contribution in [0.5, 0.6) is 0 Å². The fourth-order valence-electron chi connectivity index (χ4n) is 8.35. The second kappa shape index (κ2) is 11.4. The predicted molar refractivity (Wildman–Crippen MR) is 202 cm³/mol. The van der Waals surface area contributed by atoms with Crippen molar-refractivity contribution >= 4 is 10.8 Å². The molecule has 0 aliphatic heterocycles. The summed E-state index contributed by atoms with van der Waals surface area (Å²) in [5.74, 6) is 0. The Hall–Kier alpha value is -6.43. The molecule has 0 radical (unpaired) electrons. The van der Waals surface area contributed by atoms with Crippen molar-refractivity contribution in [2.24, 2.45) is 5.73 Å². The van der Waals surface area contributed by atoms with Gasteiger partial charge in [0.05, 0.1) is 11.5 Å². The first-order valence-corrected chi connectivity index (χ1v) is 16.8. The molecule has 230 valence electrons. The van der Waals surface area contributed by atoms with Crippen molar-refractivity contribution in [3.8, 4) is 50.6 Å². The Morgan fingerprint density at radius 1 is 0.551 bits per heavy atom. The minimum absolute atomic E-state index is 0.462. The molecule has 0 aromatic heterocycles. The van der Waals surface area contributed by atoms with Crippen molar-refractivity contribution in [2.75, 3.05) is 0 Å². The van der Waals surface area contributed by atoms with E-state index in [1.54, 1.807) is 6.08 Å². The first-order valence-electron chi connectivity index (χ1n) is 16.8. The maximum atomic E-state index is 9.43. The van der Waals surface area contributed by atoms with E-state index >= 15 is 0 Å². The molecule has 7 aromatic carbocycles. The SMILES string of the molecule is N#CC(/C=C\N)=C/Cc1ccc(-c2cc3c(c4ccccc24)-c2ccc(-c4ccccc4)cc2C32c3ccccc3-c3ccccc32)cc1. The topological polar surface area (TPSA) is 49.8 Å². The summed E-state index contributed by atoms with van der Waals surface area (Å²) in [6, 6.07) is 58.2. The molecule has 2 aliphatic rings. The highest BCUT2D eigenvalue weighted by molar-refractivity contribution is 6.11. The highest BCUT2D eigenvalue weighted by Crippen LogP contribution is 2.64. The molecule has 0 saturated carbocycles. The van der Waals surface area contributed by atoms with Crippen molar-refractivity contribution < 1.29 is 0 Å². The van der Waals surface area contributed by atoms with Crippen molar-refractivity contribution in [1.29, 1.82) is 5.26 Å². The van der Waals surface area contributed by atoms with E-state index in [0.29, 0.717) is 12.0 Å². The van der Waals surface area contributed by atoms with Gasteiger partial charge in [0, 0.05) is 5.57 Å². The van der Waals surface area contributed by atoms with Gasteiger partial charge in [-0.25, -0.2) is 0 Å². The monoisotopic (exact) mass is 624 g/mol. The maximum absolute atomic E-state index is 9.43. The Morgan fingerprint density at radius 2 is 1.18 bits per heavy atom. The molecule has 2 nitrogen and oxygen atoms in total. The van der Waals surface area contributed by atoms with Crippen LogP contribution in [0, 0.1) is 11.3 Å². The molecule has 0 amide bonds. The van der Waals surface area contributed by atoms with Crippen LogP contribution in [0.25, 0.3) is 55.3 Å². The summed E-state index contributed by atoms with van der Waals surface area (Å²) in [6.45, 7) is 0. The fourth-order valence-corrected chi connectivity index (χ4v) is 8.35. The summed E-state index contributed by atoms with van der Waals surface area (Å²) in [6.07, 6.45) is 5.63. The van der Waals surface area contributed by atoms with Gasteiger partial charge in [0.25, 0.3) is 0 Å². The van der Waals surface area contributed by atoms with E-state index in [0.717, 1.165) is 5.56 Å². The Bertz CT molecular complexity index is 2480. The van der Waals surface area contributed by atoms with E-state index in [1.165, 1.54) is 83.7 Å². The largest absolute Gasteiger partial charge is 0.405 e. The number of rotatable bonds is 5. The third kappa shape index (κ3) is 4.26. The number of hydrogen-bond donors (Lipinski definition) is 1. The van der Waals surface area contributed by atoms with E-state index in [-0.39, 0.29) is 0 Å². The number of hydrogen-bond acceptors (Lipinski definition) is 2. The van der Waals surface area contributed by atoms with Gasteiger partial charge in [0.15, 0.2) is 0 Å². The molecule has 0 heterocycles. The van der Waals surface area contributed by atoms with E-state index in [1.807, 2.05) is 6.08 Å². The molecule has 49 heavy (non-hydrogen) atoms. The number of nitrogens with zero attached hydrogens (tertiary/aromatic N) is 1. The number of allylic oxidation sites excluding steroid dienone is 3. The second-order valence-electron chi connectivity index (χ2n) is 12.9. The van der Waals surface area contributed by atoms with Gasteiger partial charge in [-0.3, -0.25) is 0 Å². The quantitative estimate of drug-likeness (QED) is 0.153. The summed E-state index contributed by atoms with van der Waals surface area (Å²) in [7, 11) is 0. The minimum atomic E-state index is -0.462. The van der Waals surface area contributed by atoms with Gasteiger partial charge >= 0.3 is 0 Å². The van der Waals surface area contributed by atoms with E-state index in [9.17, 15) is 5.26 Å². The van der Waals surface area contributed by atoms with Gasteiger partial charge in [-0.1, -0.05) is 146 Å². The van der Waals surface area contributed by atoms with Crippen LogP contribution in [0.3, 0.4) is 0 Å². The zero-order valence-corrected chi connectivity index (χ0v) is 26.9. The molecule has 0 atom stereocenters. The van der Waals surface area contributed by atoms with Crippen molar-refractivity contribution in [2.45, 2.75) is 11.8 Å². The van der Waals surface area contributed by atoms with E-state index in [4.69, 9.17) is 5.73 Å². The van der Waals surface area contributed by atoms with Crippen LogP contribution in [0.4, 0.5) is 0 Å². The van der Waals surface area contributed by atoms with Crippen LogP contribution in [0.1, 0.15) is 27.8 Å². The average Bonchev–Trinajstić information content (AvgIpc) is 3.64. The molecular weight excluding hydrogens is 593 g/mol. The van der Waals surface area contributed by atoms with Gasteiger partial charge in [-0.15, -0.1) is 0 Å². The molecule has 1 spiro atoms. The number of nitrogens with two attached hydrogens (primary N) is 1. The fraction of sp³-hybridized carbons (Fsp3) is 0.0426. The standard InChI is InChI=1S/C47H32N2/c48-27-26-32(30-49)19-18-31-20-22-34(23-21-31)41-29-45-46(39-15-5-4-12-36(39)41)40-25-24-35(33-10-2-1-3-11-33)28-44(40)47(45)42-16-8-6-13-37(42)38-14-7-9-17-43(38)47/h1-17,19-29H,18,48H2/b27-26-,32-19+. The third-order valence-electron chi connectivity index (χ3n) is 10.4. The van der Waals surface area contributed by atoms with Crippen molar-refractivity contribution in [1.82, 2.24) is 0 Å². The lowest BCUT2D eigenvalue weighted by molar-refractivity contribution is 0.795. The lowest BCUT2D eigenvalue weighted by Crippen LogP contribution is -2.26. The van der Waals surface area contributed by atoms with E-state index in [2.05, 4.69) is 158 Å². The molecule has 0 saturated heterocycles. The molecular formula is C47H32N2. The molecule has 9 rings (SSSR count). The molecule has 7 aromatic rings. The number of fused-ring (bicyclic) bond motifs is 12. The molecule has 2 N–H and O–H groups in total. The first-order chi connectivity index (χ1) is 24.2. The molecule has 0 bridgehead atoms. The highest BCUT2D eigenvalue weighted by atomic mass is 14.5. The molecule has 2 heteroatoms. The average molecular weight is 625 g/mol. The predicted octanol–water partition coefficient (Wildman–Crippen LogP) is 11.0. The summed E-state index contributed by atoms with van der Waals surface area (Å²) < 4.78 is 0. The zero-order chi connectivity index (χ0) is 33.0. The van der Waals surface area contributed by atoms with Crippen LogP contribution < -0.4 is 5.73 Å². The van der Waals surface area contributed by atoms with E-state index < -0.39 is 5.41 Å². The van der Waals surface area contributed by atoms with Crippen LogP contribution in [-0.4, -0.2) is 0 Å². The van der Waals surface area contributed by atoms with Gasteiger partial charge in [0.2, 0.25) is 0 Å². The molecule has 2 aliphatic carbocycles.